The second-order valence-corrected chi connectivity index (χ2v) is 7.64. The van der Waals surface area contributed by atoms with Gasteiger partial charge in [-0.3, -0.25) is 22.9 Å². The van der Waals surface area contributed by atoms with Crippen molar-refractivity contribution in [2.75, 3.05) is 7.11 Å². The Labute approximate surface area is 168 Å². The molecule has 0 bridgehead atoms. The highest BCUT2D eigenvalue weighted by Crippen LogP contribution is 2.32. The Hall–Kier alpha value is -3.59. The SMILES string of the molecule is COc1cccc(-n2c(-c3cccs3)cn3c4c(=O)n(C)c(=O)n(C)c4nc23)c1. The molecule has 0 fully saturated rings. The monoisotopic (exact) mass is 407 g/mol. The van der Waals surface area contributed by atoms with Crippen molar-refractivity contribution in [3.8, 4) is 22.0 Å². The zero-order valence-electron chi connectivity index (χ0n) is 16.0. The van der Waals surface area contributed by atoms with Gasteiger partial charge in [0, 0.05) is 26.4 Å². The van der Waals surface area contributed by atoms with Crippen LogP contribution in [0.5, 0.6) is 5.75 Å². The minimum absolute atomic E-state index is 0.350. The Morgan fingerprint density at radius 2 is 1.90 bits per heavy atom. The zero-order valence-corrected chi connectivity index (χ0v) is 16.8. The van der Waals surface area contributed by atoms with E-state index < -0.39 is 5.69 Å². The summed E-state index contributed by atoms with van der Waals surface area (Å²) in [6, 6.07) is 11.6. The molecule has 0 aliphatic rings. The molecule has 4 aromatic heterocycles. The maximum absolute atomic E-state index is 12.9. The first-order valence-electron chi connectivity index (χ1n) is 8.89. The minimum atomic E-state index is -0.408. The molecule has 0 radical (unpaired) electrons. The lowest BCUT2D eigenvalue weighted by Crippen LogP contribution is -2.37. The van der Waals surface area contributed by atoms with Crippen molar-refractivity contribution in [1.82, 2.24) is 23.1 Å². The lowest BCUT2D eigenvalue weighted by molar-refractivity contribution is 0.414. The standard InChI is InChI=1S/C20H17N5O3S/c1-22-17-16(18(26)23(2)20(22)27)24-11-14(15-8-5-9-29-15)25(19(24)21-17)12-6-4-7-13(10-12)28-3/h4-11H,1-3H3. The van der Waals surface area contributed by atoms with Crippen molar-refractivity contribution in [1.29, 1.82) is 0 Å². The number of imidazole rings is 2. The van der Waals surface area contributed by atoms with Crippen LogP contribution in [0.3, 0.4) is 0 Å². The van der Waals surface area contributed by atoms with Crippen LogP contribution < -0.4 is 16.0 Å². The van der Waals surface area contributed by atoms with Crippen LogP contribution in [-0.2, 0) is 14.1 Å². The van der Waals surface area contributed by atoms with Crippen molar-refractivity contribution in [3.63, 3.8) is 0 Å². The summed E-state index contributed by atoms with van der Waals surface area (Å²) in [6.45, 7) is 0. The summed E-state index contributed by atoms with van der Waals surface area (Å²) in [7, 11) is 4.71. The highest BCUT2D eigenvalue weighted by Gasteiger charge is 2.22. The maximum atomic E-state index is 12.9. The molecule has 0 saturated carbocycles. The van der Waals surface area contributed by atoms with E-state index >= 15 is 0 Å². The summed E-state index contributed by atoms with van der Waals surface area (Å²) in [5, 5.41) is 2.00. The second kappa shape index (κ2) is 6.21. The van der Waals surface area contributed by atoms with Gasteiger partial charge in [-0.25, -0.2) is 4.79 Å². The van der Waals surface area contributed by atoms with Gasteiger partial charge < -0.3 is 4.74 Å². The van der Waals surface area contributed by atoms with Crippen molar-refractivity contribution in [2.45, 2.75) is 0 Å². The number of nitrogens with zero attached hydrogens (tertiary/aromatic N) is 5. The lowest BCUT2D eigenvalue weighted by atomic mass is 10.2. The van der Waals surface area contributed by atoms with Crippen LogP contribution in [0.25, 0.3) is 33.2 Å². The molecular formula is C20H17N5O3S. The molecule has 5 rings (SSSR count). The molecule has 5 aromatic rings. The van der Waals surface area contributed by atoms with Gasteiger partial charge in [0.15, 0.2) is 11.2 Å². The van der Waals surface area contributed by atoms with Crippen molar-refractivity contribution < 1.29 is 4.74 Å². The molecule has 1 aromatic carbocycles. The molecule has 9 heteroatoms. The molecule has 0 atom stereocenters. The molecular weight excluding hydrogens is 390 g/mol. The summed E-state index contributed by atoms with van der Waals surface area (Å²) in [6.07, 6.45) is 1.89. The number of fused-ring (bicyclic) bond motifs is 3. The number of aryl methyl sites for hydroxylation is 1. The Morgan fingerprint density at radius 3 is 2.62 bits per heavy atom. The molecule has 0 aliphatic heterocycles. The van der Waals surface area contributed by atoms with E-state index in [4.69, 9.17) is 4.74 Å². The summed E-state index contributed by atoms with van der Waals surface area (Å²) in [5.41, 5.74) is 1.67. The summed E-state index contributed by atoms with van der Waals surface area (Å²) in [5.74, 6) is 1.26. The van der Waals surface area contributed by atoms with E-state index in [0.29, 0.717) is 22.7 Å². The molecule has 29 heavy (non-hydrogen) atoms. The van der Waals surface area contributed by atoms with Crippen LogP contribution in [0, 0.1) is 0 Å². The molecule has 0 aliphatic carbocycles. The molecule has 8 nitrogen and oxygen atoms in total. The Balaban J connectivity index is 1.97. The highest BCUT2D eigenvalue weighted by atomic mass is 32.1. The van der Waals surface area contributed by atoms with Gasteiger partial charge in [-0.1, -0.05) is 12.1 Å². The molecule has 0 N–H and O–H groups in total. The first-order valence-corrected chi connectivity index (χ1v) is 9.77. The number of thiophene rings is 1. The second-order valence-electron chi connectivity index (χ2n) is 6.69. The van der Waals surface area contributed by atoms with Crippen LogP contribution in [0.15, 0.2) is 57.6 Å². The Kier molecular flexibility index (Phi) is 3.75. The maximum Gasteiger partial charge on any atom is 0.332 e. The van der Waals surface area contributed by atoms with Crippen LogP contribution in [0.2, 0.25) is 0 Å². The van der Waals surface area contributed by atoms with E-state index in [9.17, 15) is 9.59 Å². The van der Waals surface area contributed by atoms with E-state index in [1.807, 2.05) is 52.5 Å². The Bertz CT molecular complexity index is 1500. The third-order valence-corrected chi connectivity index (χ3v) is 5.94. The van der Waals surface area contributed by atoms with Gasteiger partial charge in [-0.05, 0) is 23.6 Å². The molecule has 0 saturated heterocycles. The van der Waals surface area contributed by atoms with E-state index in [1.165, 1.54) is 11.6 Å². The predicted molar refractivity (Wildman–Crippen MR) is 112 cm³/mol. The van der Waals surface area contributed by atoms with E-state index in [-0.39, 0.29) is 5.56 Å². The van der Waals surface area contributed by atoms with E-state index in [1.54, 1.807) is 29.9 Å². The van der Waals surface area contributed by atoms with Crippen molar-refractivity contribution >= 4 is 28.3 Å². The summed E-state index contributed by atoms with van der Waals surface area (Å²) in [4.78, 5) is 30.9. The van der Waals surface area contributed by atoms with Crippen LogP contribution in [0.1, 0.15) is 0 Å². The van der Waals surface area contributed by atoms with Crippen LogP contribution in [0.4, 0.5) is 0 Å². The van der Waals surface area contributed by atoms with Gasteiger partial charge in [-0.2, -0.15) is 4.98 Å². The quantitative estimate of drug-likeness (QED) is 0.460. The smallest absolute Gasteiger partial charge is 0.332 e. The first-order chi connectivity index (χ1) is 14.0. The fraction of sp³-hybridized carbons (Fsp3) is 0.150. The predicted octanol–water partition coefficient (Wildman–Crippen LogP) is 2.41. The molecule has 0 spiro atoms. The number of hydrogen-bond acceptors (Lipinski definition) is 5. The number of ether oxygens (including phenoxy) is 1. The number of hydrogen-bond donors (Lipinski definition) is 0. The zero-order chi connectivity index (χ0) is 20.3. The number of benzene rings is 1. The van der Waals surface area contributed by atoms with Gasteiger partial charge in [0.2, 0.25) is 5.78 Å². The summed E-state index contributed by atoms with van der Waals surface area (Å²) < 4.78 is 11.6. The van der Waals surface area contributed by atoms with Crippen LogP contribution in [-0.4, -0.2) is 30.2 Å². The summed E-state index contributed by atoms with van der Waals surface area (Å²) >= 11 is 1.60. The first kappa shape index (κ1) is 17.5. The minimum Gasteiger partial charge on any atom is -0.497 e. The number of rotatable bonds is 3. The normalized spacial score (nSPS) is 11.6. The third-order valence-electron chi connectivity index (χ3n) is 5.05. The van der Waals surface area contributed by atoms with Gasteiger partial charge in [0.05, 0.1) is 23.4 Å². The van der Waals surface area contributed by atoms with Crippen LogP contribution >= 0.6 is 11.3 Å². The molecule has 0 amide bonds. The molecule has 4 heterocycles. The van der Waals surface area contributed by atoms with E-state index in [0.717, 1.165) is 20.8 Å². The molecule has 146 valence electrons. The largest absolute Gasteiger partial charge is 0.497 e. The fourth-order valence-corrected chi connectivity index (χ4v) is 4.30. The highest BCUT2D eigenvalue weighted by molar-refractivity contribution is 7.13. The van der Waals surface area contributed by atoms with Gasteiger partial charge in [0.25, 0.3) is 5.56 Å². The topological polar surface area (TPSA) is 75.5 Å². The van der Waals surface area contributed by atoms with E-state index in [2.05, 4.69) is 4.98 Å². The fourth-order valence-electron chi connectivity index (χ4n) is 3.57. The number of methoxy groups -OCH3 is 1. The number of aromatic nitrogens is 5. The Morgan fingerprint density at radius 1 is 1.07 bits per heavy atom. The van der Waals surface area contributed by atoms with Gasteiger partial charge >= 0.3 is 5.69 Å². The average molecular weight is 407 g/mol. The van der Waals surface area contributed by atoms with Crippen molar-refractivity contribution in [2.24, 2.45) is 14.1 Å². The van der Waals surface area contributed by atoms with Gasteiger partial charge in [0.1, 0.15) is 5.75 Å². The van der Waals surface area contributed by atoms with Gasteiger partial charge in [-0.15, -0.1) is 11.3 Å². The lowest BCUT2D eigenvalue weighted by Gasteiger charge is -2.09. The molecule has 0 unspecified atom stereocenters. The van der Waals surface area contributed by atoms with Crippen molar-refractivity contribution in [3.05, 3.63) is 68.8 Å². The average Bonchev–Trinajstić information content (AvgIpc) is 3.45. The third kappa shape index (κ3) is 2.40.